The van der Waals surface area contributed by atoms with Gasteiger partial charge in [0.2, 0.25) is 0 Å². The molecule has 20 heavy (non-hydrogen) atoms. The fourth-order valence-corrected chi connectivity index (χ4v) is 2.95. The minimum atomic E-state index is 0.309. The quantitative estimate of drug-likeness (QED) is 0.895. The van der Waals surface area contributed by atoms with E-state index in [0.29, 0.717) is 24.3 Å². The zero-order valence-electron chi connectivity index (χ0n) is 13.2. The number of nitrogens with zero attached hydrogens (tertiary/aromatic N) is 1. The van der Waals surface area contributed by atoms with Crippen LogP contribution in [0.2, 0.25) is 0 Å². The molecule has 2 rings (SSSR count). The number of morpholine rings is 1. The standard InChI is InChI=1S/C17H28N2O/c1-13(2)18-10-17(16-8-6-5-7-9-16)19-11-14(3)20-15(4)12-19/h5-9,13-15,17-18H,10-12H2,1-4H3. The first-order valence-corrected chi connectivity index (χ1v) is 7.74. The number of nitrogens with one attached hydrogen (secondary N) is 1. The smallest absolute Gasteiger partial charge is 0.0678 e. The van der Waals surface area contributed by atoms with Crippen LogP contribution in [0, 0.1) is 0 Å². The van der Waals surface area contributed by atoms with Gasteiger partial charge in [0.05, 0.1) is 12.2 Å². The first kappa shape index (κ1) is 15.5. The van der Waals surface area contributed by atoms with E-state index in [0.717, 1.165) is 19.6 Å². The fourth-order valence-electron chi connectivity index (χ4n) is 2.95. The van der Waals surface area contributed by atoms with Crippen molar-refractivity contribution in [1.82, 2.24) is 10.2 Å². The molecule has 0 bridgehead atoms. The molecule has 1 N–H and O–H groups in total. The highest BCUT2D eigenvalue weighted by molar-refractivity contribution is 5.19. The summed E-state index contributed by atoms with van der Waals surface area (Å²) in [5.41, 5.74) is 1.39. The number of benzene rings is 1. The van der Waals surface area contributed by atoms with Crippen LogP contribution in [0.4, 0.5) is 0 Å². The van der Waals surface area contributed by atoms with Gasteiger partial charge < -0.3 is 10.1 Å². The Morgan fingerprint density at radius 3 is 2.30 bits per heavy atom. The predicted octanol–water partition coefficient (Wildman–Crippen LogP) is 2.83. The third-order valence-electron chi connectivity index (χ3n) is 3.79. The summed E-state index contributed by atoms with van der Waals surface area (Å²) < 4.78 is 5.87. The van der Waals surface area contributed by atoms with Gasteiger partial charge in [-0.25, -0.2) is 0 Å². The van der Waals surface area contributed by atoms with E-state index in [2.05, 4.69) is 68.2 Å². The molecule has 3 heteroatoms. The zero-order chi connectivity index (χ0) is 14.5. The SMILES string of the molecule is CC(C)NCC(c1ccccc1)N1CC(C)OC(C)C1. The second-order valence-corrected chi connectivity index (χ2v) is 6.20. The predicted molar refractivity (Wildman–Crippen MR) is 83.9 cm³/mol. The summed E-state index contributed by atoms with van der Waals surface area (Å²) in [6.45, 7) is 11.7. The van der Waals surface area contributed by atoms with Gasteiger partial charge in [0.15, 0.2) is 0 Å². The van der Waals surface area contributed by atoms with Gasteiger partial charge in [-0.2, -0.15) is 0 Å². The van der Waals surface area contributed by atoms with Crippen LogP contribution in [0.15, 0.2) is 30.3 Å². The molecule has 0 spiro atoms. The van der Waals surface area contributed by atoms with Crippen molar-refractivity contribution < 1.29 is 4.74 Å². The molecule has 1 aromatic rings. The van der Waals surface area contributed by atoms with Gasteiger partial charge in [-0.1, -0.05) is 44.2 Å². The Hall–Kier alpha value is -0.900. The van der Waals surface area contributed by atoms with E-state index >= 15 is 0 Å². The molecule has 0 radical (unpaired) electrons. The minimum absolute atomic E-state index is 0.309. The van der Waals surface area contributed by atoms with Crippen molar-refractivity contribution in [1.29, 1.82) is 0 Å². The largest absolute Gasteiger partial charge is 0.373 e. The van der Waals surface area contributed by atoms with Crippen molar-refractivity contribution in [3.05, 3.63) is 35.9 Å². The molecule has 112 valence electrons. The van der Waals surface area contributed by atoms with E-state index in [1.807, 2.05) is 0 Å². The molecular weight excluding hydrogens is 248 g/mol. The second kappa shape index (κ2) is 7.21. The number of hydrogen-bond acceptors (Lipinski definition) is 3. The second-order valence-electron chi connectivity index (χ2n) is 6.20. The summed E-state index contributed by atoms with van der Waals surface area (Å²) in [6.07, 6.45) is 0.619. The summed E-state index contributed by atoms with van der Waals surface area (Å²) >= 11 is 0. The topological polar surface area (TPSA) is 24.5 Å². The van der Waals surface area contributed by atoms with Gasteiger partial charge >= 0.3 is 0 Å². The van der Waals surface area contributed by atoms with Crippen LogP contribution < -0.4 is 5.32 Å². The van der Waals surface area contributed by atoms with Gasteiger partial charge in [-0.05, 0) is 19.4 Å². The maximum atomic E-state index is 5.87. The van der Waals surface area contributed by atoms with Crippen molar-refractivity contribution in [3.63, 3.8) is 0 Å². The number of ether oxygens (including phenoxy) is 1. The molecule has 1 saturated heterocycles. The van der Waals surface area contributed by atoms with Crippen molar-refractivity contribution >= 4 is 0 Å². The summed E-state index contributed by atoms with van der Waals surface area (Å²) in [7, 11) is 0. The van der Waals surface area contributed by atoms with Crippen LogP contribution in [0.1, 0.15) is 39.3 Å². The maximum absolute atomic E-state index is 5.87. The molecule has 1 aromatic carbocycles. The monoisotopic (exact) mass is 276 g/mol. The Balaban J connectivity index is 2.13. The van der Waals surface area contributed by atoms with Gasteiger partial charge in [0, 0.05) is 31.7 Å². The molecule has 0 amide bonds. The minimum Gasteiger partial charge on any atom is -0.373 e. The van der Waals surface area contributed by atoms with Crippen LogP contribution in [0.3, 0.4) is 0 Å². The van der Waals surface area contributed by atoms with E-state index in [1.165, 1.54) is 5.56 Å². The van der Waals surface area contributed by atoms with Gasteiger partial charge in [-0.15, -0.1) is 0 Å². The highest BCUT2D eigenvalue weighted by Gasteiger charge is 2.28. The first-order valence-electron chi connectivity index (χ1n) is 7.74. The molecule has 1 aliphatic rings. The average molecular weight is 276 g/mol. The van der Waals surface area contributed by atoms with E-state index in [1.54, 1.807) is 0 Å². The molecule has 1 fully saturated rings. The van der Waals surface area contributed by atoms with Crippen LogP contribution in [-0.4, -0.2) is 42.8 Å². The summed E-state index contributed by atoms with van der Waals surface area (Å²) in [5.74, 6) is 0. The lowest BCUT2D eigenvalue weighted by Crippen LogP contribution is -2.49. The molecule has 3 nitrogen and oxygen atoms in total. The maximum Gasteiger partial charge on any atom is 0.0678 e. The lowest BCUT2D eigenvalue weighted by Gasteiger charge is -2.40. The highest BCUT2D eigenvalue weighted by atomic mass is 16.5. The van der Waals surface area contributed by atoms with Crippen LogP contribution in [0.25, 0.3) is 0 Å². The Bertz CT molecular complexity index is 383. The van der Waals surface area contributed by atoms with Gasteiger partial charge in [-0.3, -0.25) is 4.90 Å². The average Bonchev–Trinajstić information content (AvgIpc) is 2.38. The molecule has 1 heterocycles. The van der Waals surface area contributed by atoms with Crippen molar-refractivity contribution in [2.45, 2.75) is 52.0 Å². The molecule has 0 aliphatic carbocycles. The lowest BCUT2D eigenvalue weighted by atomic mass is 10.0. The van der Waals surface area contributed by atoms with Gasteiger partial charge in [0.25, 0.3) is 0 Å². The molecule has 3 unspecified atom stereocenters. The Morgan fingerprint density at radius 1 is 1.15 bits per heavy atom. The Labute approximate surface area is 123 Å². The van der Waals surface area contributed by atoms with E-state index < -0.39 is 0 Å². The fraction of sp³-hybridized carbons (Fsp3) is 0.647. The van der Waals surface area contributed by atoms with E-state index in [-0.39, 0.29) is 0 Å². The Kier molecular flexibility index (Phi) is 5.58. The number of rotatable bonds is 5. The van der Waals surface area contributed by atoms with E-state index in [9.17, 15) is 0 Å². The highest BCUT2D eigenvalue weighted by Crippen LogP contribution is 2.24. The molecular formula is C17H28N2O. The Morgan fingerprint density at radius 2 is 1.75 bits per heavy atom. The van der Waals surface area contributed by atoms with Crippen molar-refractivity contribution in [2.75, 3.05) is 19.6 Å². The van der Waals surface area contributed by atoms with Crippen molar-refractivity contribution in [2.24, 2.45) is 0 Å². The molecule has 0 aromatic heterocycles. The third-order valence-corrected chi connectivity index (χ3v) is 3.79. The zero-order valence-corrected chi connectivity index (χ0v) is 13.2. The van der Waals surface area contributed by atoms with Crippen molar-refractivity contribution in [3.8, 4) is 0 Å². The first-order chi connectivity index (χ1) is 9.56. The summed E-state index contributed by atoms with van der Waals surface area (Å²) in [6, 6.07) is 11.7. The summed E-state index contributed by atoms with van der Waals surface area (Å²) in [4.78, 5) is 2.56. The third kappa shape index (κ3) is 4.30. The van der Waals surface area contributed by atoms with Gasteiger partial charge in [0.1, 0.15) is 0 Å². The number of hydrogen-bond donors (Lipinski definition) is 1. The molecule has 0 saturated carbocycles. The normalized spacial score (nSPS) is 25.9. The van der Waals surface area contributed by atoms with Crippen LogP contribution in [-0.2, 0) is 4.74 Å². The molecule has 3 atom stereocenters. The molecule has 1 aliphatic heterocycles. The summed E-state index contributed by atoms with van der Waals surface area (Å²) in [5, 5.41) is 3.59. The van der Waals surface area contributed by atoms with Crippen LogP contribution in [0.5, 0.6) is 0 Å². The van der Waals surface area contributed by atoms with E-state index in [4.69, 9.17) is 4.74 Å². The van der Waals surface area contributed by atoms with Crippen LogP contribution >= 0.6 is 0 Å². The lowest BCUT2D eigenvalue weighted by molar-refractivity contribution is -0.0808.